The molecule has 0 aliphatic carbocycles. The first-order valence-electron chi connectivity index (χ1n) is 9.60. The molecule has 164 valence electrons. The number of anilines is 1. The van der Waals surface area contributed by atoms with E-state index < -0.39 is 11.9 Å². The molecule has 4 rings (SSSR count). The van der Waals surface area contributed by atoms with Crippen molar-refractivity contribution in [1.29, 1.82) is 5.26 Å². The smallest absolute Gasteiger partial charge is 0.333 e. The zero-order valence-electron chi connectivity index (χ0n) is 16.8. The molecule has 1 heterocycles. The van der Waals surface area contributed by atoms with E-state index in [-0.39, 0.29) is 12.3 Å². The molecule has 0 saturated carbocycles. The van der Waals surface area contributed by atoms with Crippen LogP contribution in [0.2, 0.25) is 5.02 Å². The van der Waals surface area contributed by atoms with Gasteiger partial charge in [-0.25, -0.2) is 9.69 Å². The lowest BCUT2D eigenvalue weighted by molar-refractivity contribution is -0.113. The number of benzene rings is 3. The van der Waals surface area contributed by atoms with Crippen molar-refractivity contribution < 1.29 is 14.3 Å². The maximum absolute atomic E-state index is 12.8. The van der Waals surface area contributed by atoms with E-state index in [2.05, 4.69) is 43.2 Å². The van der Waals surface area contributed by atoms with Gasteiger partial charge in [0.15, 0.2) is 0 Å². The number of nitrogens with zero attached hydrogens (tertiary/aromatic N) is 2. The van der Waals surface area contributed by atoms with E-state index in [1.54, 1.807) is 54.6 Å². The quantitative estimate of drug-likeness (QED) is 0.276. The summed E-state index contributed by atoms with van der Waals surface area (Å²) < 4.78 is 7.20. The van der Waals surface area contributed by atoms with Gasteiger partial charge >= 0.3 is 6.03 Å². The molecule has 0 radical (unpaired) electrons. The molecule has 3 aromatic carbocycles. The number of imide groups is 1. The first kappa shape index (κ1) is 23.1. The summed E-state index contributed by atoms with van der Waals surface area (Å²) in [5, 5.41) is 12.3. The number of hydrogen-bond acceptors (Lipinski definition) is 4. The van der Waals surface area contributed by atoms with Crippen LogP contribution in [0.25, 0.3) is 6.08 Å². The zero-order chi connectivity index (χ0) is 23.5. The Morgan fingerprint density at radius 2 is 1.79 bits per heavy atom. The van der Waals surface area contributed by atoms with Crippen molar-refractivity contribution in [2.45, 2.75) is 6.61 Å². The van der Waals surface area contributed by atoms with Crippen molar-refractivity contribution in [2.24, 2.45) is 0 Å². The summed E-state index contributed by atoms with van der Waals surface area (Å²) in [6.45, 7) is 0.213. The van der Waals surface area contributed by atoms with Gasteiger partial charge in [0.1, 0.15) is 18.1 Å². The number of rotatable bonds is 5. The molecule has 33 heavy (non-hydrogen) atoms. The van der Waals surface area contributed by atoms with Gasteiger partial charge in [0, 0.05) is 10.6 Å². The number of carbonyl (C=O) groups is 2. The molecule has 1 saturated heterocycles. The Morgan fingerprint density at radius 3 is 2.48 bits per heavy atom. The van der Waals surface area contributed by atoms with Crippen LogP contribution in [0, 0.1) is 11.3 Å². The topological polar surface area (TPSA) is 82.4 Å². The minimum atomic E-state index is -0.553. The summed E-state index contributed by atoms with van der Waals surface area (Å²) in [4.78, 5) is 26.3. The number of amides is 3. The summed E-state index contributed by atoms with van der Waals surface area (Å²) in [7, 11) is 0. The number of urea groups is 1. The van der Waals surface area contributed by atoms with Crippen LogP contribution in [0.5, 0.6) is 5.75 Å². The van der Waals surface area contributed by atoms with E-state index in [1.807, 2.05) is 12.1 Å². The second-order valence-corrected chi connectivity index (χ2v) is 9.13. The van der Waals surface area contributed by atoms with Crippen molar-refractivity contribution in [1.82, 2.24) is 5.32 Å². The van der Waals surface area contributed by atoms with Crippen molar-refractivity contribution in [3.8, 4) is 11.8 Å². The number of halogens is 3. The predicted octanol–water partition coefficient (Wildman–Crippen LogP) is 6.41. The Kier molecular flexibility index (Phi) is 6.84. The summed E-state index contributed by atoms with van der Waals surface area (Å²) in [6.07, 6.45) is 1.58. The molecule has 1 N–H and O–H groups in total. The van der Waals surface area contributed by atoms with E-state index in [9.17, 15) is 14.9 Å². The van der Waals surface area contributed by atoms with Crippen LogP contribution in [0.4, 0.5) is 10.5 Å². The van der Waals surface area contributed by atoms with E-state index >= 15 is 0 Å². The number of nitrogens with one attached hydrogen (secondary N) is 1. The van der Waals surface area contributed by atoms with Crippen LogP contribution in [-0.4, -0.2) is 11.9 Å². The average Bonchev–Trinajstić information content (AvgIpc) is 3.06. The van der Waals surface area contributed by atoms with E-state index in [0.29, 0.717) is 36.5 Å². The molecular weight excluding hydrogens is 574 g/mol. The molecule has 3 amide bonds. The minimum absolute atomic E-state index is 0.135. The van der Waals surface area contributed by atoms with Crippen molar-refractivity contribution >= 4 is 67.2 Å². The Bertz CT molecular complexity index is 1330. The lowest BCUT2D eigenvalue weighted by atomic mass is 10.1. The second-order valence-electron chi connectivity index (χ2n) is 6.98. The highest BCUT2D eigenvalue weighted by atomic mass is 79.9. The first-order valence-corrected chi connectivity index (χ1v) is 11.6. The van der Waals surface area contributed by atoms with Gasteiger partial charge < -0.3 is 10.1 Å². The molecule has 6 nitrogen and oxygen atoms in total. The maximum atomic E-state index is 12.8. The SMILES string of the molecule is N#Cc1ccccc1COc1c(Br)cc(/C=C2/NC(=O)N(c3cccc(Cl)c3)C2=O)cc1Br. The monoisotopic (exact) mass is 585 g/mol. The maximum Gasteiger partial charge on any atom is 0.333 e. The summed E-state index contributed by atoms with van der Waals surface area (Å²) >= 11 is 13.0. The van der Waals surface area contributed by atoms with Crippen molar-refractivity contribution in [3.63, 3.8) is 0 Å². The molecule has 1 aliphatic rings. The molecule has 0 atom stereocenters. The molecular formula is C24H14Br2ClN3O3. The van der Waals surface area contributed by atoms with Crippen LogP contribution in [-0.2, 0) is 11.4 Å². The van der Waals surface area contributed by atoms with Crippen LogP contribution < -0.4 is 15.0 Å². The van der Waals surface area contributed by atoms with Gasteiger partial charge in [0.2, 0.25) is 0 Å². The van der Waals surface area contributed by atoms with Crippen LogP contribution in [0.3, 0.4) is 0 Å². The largest absolute Gasteiger partial charge is 0.486 e. The third-order valence-corrected chi connectivity index (χ3v) is 6.20. The fourth-order valence-corrected chi connectivity index (χ4v) is 4.89. The third-order valence-electron chi connectivity index (χ3n) is 4.79. The van der Waals surface area contributed by atoms with Crippen molar-refractivity contribution in [2.75, 3.05) is 4.90 Å². The summed E-state index contributed by atoms with van der Waals surface area (Å²) in [5.74, 6) is 0.0650. The summed E-state index contributed by atoms with van der Waals surface area (Å²) in [5.41, 5.74) is 2.50. The highest BCUT2D eigenvalue weighted by Gasteiger charge is 2.35. The Morgan fingerprint density at radius 1 is 1.06 bits per heavy atom. The minimum Gasteiger partial charge on any atom is -0.486 e. The number of hydrogen-bond donors (Lipinski definition) is 1. The fraction of sp³-hybridized carbons (Fsp3) is 0.0417. The van der Waals surface area contributed by atoms with E-state index in [4.69, 9.17) is 16.3 Å². The predicted molar refractivity (Wildman–Crippen MR) is 133 cm³/mol. The normalized spacial score (nSPS) is 14.4. The zero-order valence-corrected chi connectivity index (χ0v) is 20.7. The average molecular weight is 588 g/mol. The lowest BCUT2D eigenvalue weighted by Gasteiger charge is -2.12. The van der Waals surface area contributed by atoms with Crippen molar-refractivity contribution in [3.05, 3.63) is 97.0 Å². The lowest BCUT2D eigenvalue weighted by Crippen LogP contribution is -2.30. The first-order chi connectivity index (χ1) is 15.9. The van der Waals surface area contributed by atoms with Crippen LogP contribution in [0.15, 0.2) is 75.3 Å². The van der Waals surface area contributed by atoms with Gasteiger partial charge in [-0.2, -0.15) is 5.26 Å². The standard InChI is InChI=1S/C24H14Br2ClN3O3/c25-19-8-14(9-20(26)22(19)33-13-16-5-2-1-4-15(16)12-28)10-21-23(31)30(24(32)29-21)18-7-3-6-17(27)11-18/h1-11H,13H2,(H,29,32)/b21-10+. The van der Waals surface area contributed by atoms with E-state index in [1.165, 1.54) is 0 Å². The van der Waals surface area contributed by atoms with E-state index in [0.717, 1.165) is 10.5 Å². The number of carbonyl (C=O) groups excluding carboxylic acids is 2. The third kappa shape index (κ3) is 4.96. The summed E-state index contributed by atoms with van der Waals surface area (Å²) in [6, 6.07) is 18.9. The van der Waals surface area contributed by atoms with Gasteiger partial charge in [-0.3, -0.25) is 4.79 Å². The van der Waals surface area contributed by atoms with Gasteiger partial charge in [-0.1, -0.05) is 35.9 Å². The van der Waals surface area contributed by atoms with Crippen LogP contribution in [0.1, 0.15) is 16.7 Å². The fourth-order valence-electron chi connectivity index (χ4n) is 3.26. The van der Waals surface area contributed by atoms with Gasteiger partial charge in [0.25, 0.3) is 5.91 Å². The van der Waals surface area contributed by atoms with Gasteiger partial charge in [-0.05, 0) is 79.9 Å². The second kappa shape index (κ2) is 9.79. The highest BCUT2D eigenvalue weighted by molar-refractivity contribution is 9.11. The molecule has 1 aliphatic heterocycles. The molecule has 0 spiro atoms. The molecule has 1 fully saturated rings. The van der Waals surface area contributed by atoms with Crippen LogP contribution >= 0.6 is 43.5 Å². The Labute approximate surface area is 211 Å². The number of ether oxygens (including phenoxy) is 1. The Hall–Kier alpha value is -3.12. The van der Waals surface area contributed by atoms with Gasteiger partial charge in [-0.15, -0.1) is 0 Å². The molecule has 0 bridgehead atoms. The number of nitriles is 1. The van der Waals surface area contributed by atoms with Gasteiger partial charge in [0.05, 0.1) is 26.3 Å². The molecule has 0 aromatic heterocycles. The molecule has 3 aromatic rings. The Balaban J connectivity index is 1.56. The molecule has 9 heteroatoms. The highest BCUT2D eigenvalue weighted by Crippen LogP contribution is 2.36. The molecule has 0 unspecified atom stereocenters.